The van der Waals surface area contributed by atoms with Crippen LogP contribution < -0.4 is 0 Å². The molecule has 1 aliphatic heterocycles. The number of aryl methyl sites for hydroxylation is 2. The van der Waals surface area contributed by atoms with Crippen molar-refractivity contribution >= 4 is 5.91 Å². The second-order valence-corrected chi connectivity index (χ2v) is 6.19. The maximum absolute atomic E-state index is 13.9. The number of alkyl halides is 1. The van der Waals surface area contributed by atoms with Crippen molar-refractivity contribution in [3.8, 4) is 0 Å². The normalized spacial score (nSPS) is 21.3. The molecule has 0 saturated carbocycles. The molecule has 1 aliphatic rings. The van der Waals surface area contributed by atoms with E-state index >= 15 is 0 Å². The van der Waals surface area contributed by atoms with Crippen LogP contribution in [0, 0.1) is 6.92 Å². The molecule has 0 bridgehead atoms. The van der Waals surface area contributed by atoms with Crippen LogP contribution in [0.25, 0.3) is 0 Å². The van der Waals surface area contributed by atoms with Crippen LogP contribution in [0.15, 0.2) is 16.8 Å². The largest absolute Gasteiger partial charge is 0.339 e. The highest BCUT2D eigenvalue weighted by atomic mass is 19.1. The van der Waals surface area contributed by atoms with E-state index in [0.717, 1.165) is 5.69 Å². The molecule has 0 unspecified atom stereocenters. The van der Waals surface area contributed by atoms with E-state index in [0.29, 0.717) is 31.9 Å². The Labute approximate surface area is 139 Å². The monoisotopic (exact) mass is 336 g/mol. The van der Waals surface area contributed by atoms with E-state index < -0.39 is 6.17 Å². The van der Waals surface area contributed by atoms with Crippen LogP contribution in [0.4, 0.5) is 4.39 Å². The molecule has 1 amide bonds. The van der Waals surface area contributed by atoms with E-state index in [-0.39, 0.29) is 17.8 Å². The Morgan fingerprint density at radius 1 is 1.54 bits per heavy atom. The van der Waals surface area contributed by atoms with Crippen molar-refractivity contribution in [1.29, 1.82) is 0 Å². The third-order valence-electron chi connectivity index (χ3n) is 4.31. The Balaban J connectivity index is 1.65. The first-order valence-corrected chi connectivity index (χ1v) is 7.85. The summed E-state index contributed by atoms with van der Waals surface area (Å²) in [5, 5.41) is 7.78. The number of likely N-dealkylation sites (N-methyl/N-ethyl adjacent to an activating group) is 1. The van der Waals surface area contributed by atoms with E-state index in [1.54, 1.807) is 24.9 Å². The van der Waals surface area contributed by atoms with Gasteiger partial charge in [0.2, 0.25) is 5.89 Å². The van der Waals surface area contributed by atoms with Gasteiger partial charge in [0, 0.05) is 52.9 Å². The molecule has 130 valence electrons. The first-order valence-electron chi connectivity index (χ1n) is 7.85. The minimum absolute atomic E-state index is 0.0305. The van der Waals surface area contributed by atoms with Crippen molar-refractivity contribution in [1.82, 2.24) is 29.7 Å². The summed E-state index contributed by atoms with van der Waals surface area (Å²) in [4.78, 5) is 19.8. The molecule has 2 aromatic rings. The minimum Gasteiger partial charge on any atom is -0.339 e. The first kappa shape index (κ1) is 16.6. The van der Waals surface area contributed by atoms with Crippen molar-refractivity contribution in [3.05, 3.63) is 29.7 Å². The molecule has 0 aromatic carbocycles. The Morgan fingerprint density at radius 3 is 2.96 bits per heavy atom. The topological polar surface area (TPSA) is 80.3 Å². The molecule has 0 aliphatic carbocycles. The van der Waals surface area contributed by atoms with E-state index in [1.165, 1.54) is 4.90 Å². The van der Waals surface area contributed by atoms with Crippen LogP contribution in [-0.2, 0) is 13.6 Å². The molecule has 0 N–H and O–H groups in total. The quantitative estimate of drug-likeness (QED) is 0.803. The van der Waals surface area contributed by atoms with E-state index in [1.807, 2.05) is 18.0 Å². The summed E-state index contributed by atoms with van der Waals surface area (Å²) in [6, 6.07) is 1.86. The highest BCUT2D eigenvalue weighted by molar-refractivity contribution is 5.90. The van der Waals surface area contributed by atoms with Gasteiger partial charge in [0.15, 0.2) is 0 Å². The molecule has 1 saturated heterocycles. The first-order chi connectivity index (χ1) is 11.4. The van der Waals surface area contributed by atoms with Gasteiger partial charge in [-0.1, -0.05) is 5.16 Å². The maximum Gasteiger partial charge on any atom is 0.295 e. The number of likely N-dealkylation sites (tertiary alicyclic amines) is 1. The summed E-state index contributed by atoms with van der Waals surface area (Å²) in [6.07, 6.45) is 1.24. The zero-order valence-corrected chi connectivity index (χ0v) is 14.0. The number of nitrogens with zero attached hydrogens (tertiary/aromatic N) is 6. The van der Waals surface area contributed by atoms with E-state index in [9.17, 15) is 9.18 Å². The Hall–Kier alpha value is -2.29. The molecule has 3 heterocycles. The smallest absolute Gasteiger partial charge is 0.295 e. The van der Waals surface area contributed by atoms with Crippen LogP contribution in [0.3, 0.4) is 0 Å². The standard InChI is InChI=1S/C15H21FN6O2/c1-10-18-14(19-24-10)15(23)20(2)8-13-6-11(16)7-22(13)9-12-4-5-17-21(12)3/h4-5,11,13H,6-9H2,1-3H3/t11-,13-/m0/s1. The maximum atomic E-state index is 13.9. The second-order valence-electron chi connectivity index (χ2n) is 6.19. The zero-order chi connectivity index (χ0) is 17.3. The second kappa shape index (κ2) is 6.68. The number of carbonyl (C=O) groups excluding carboxylic acids is 1. The van der Waals surface area contributed by atoms with Gasteiger partial charge >= 0.3 is 0 Å². The predicted octanol–water partition coefficient (Wildman–Crippen LogP) is 0.796. The van der Waals surface area contributed by atoms with Crippen molar-refractivity contribution in [2.45, 2.75) is 32.1 Å². The van der Waals surface area contributed by atoms with Crippen LogP contribution in [-0.4, -0.2) is 68.0 Å². The summed E-state index contributed by atoms with van der Waals surface area (Å²) in [6.45, 7) is 3.00. The number of hydrogen-bond acceptors (Lipinski definition) is 6. The fraction of sp³-hybridized carbons (Fsp3) is 0.600. The lowest BCUT2D eigenvalue weighted by Crippen LogP contribution is -2.41. The predicted molar refractivity (Wildman–Crippen MR) is 82.9 cm³/mol. The third kappa shape index (κ3) is 3.45. The number of hydrogen-bond donors (Lipinski definition) is 0. The lowest BCUT2D eigenvalue weighted by Gasteiger charge is -2.27. The van der Waals surface area contributed by atoms with Gasteiger partial charge in [-0.05, 0) is 12.5 Å². The van der Waals surface area contributed by atoms with Crippen molar-refractivity contribution in [3.63, 3.8) is 0 Å². The van der Waals surface area contributed by atoms with Crippen molar-refractivity contribution in [2.24, 2.45) is 7.05 Å². The van der Waals surface area contributed by atoms with Gasteiger partial charge < -0.3 is 9.42 Å². The Bertz CT molecular complexity index is 714. The summed E-state index contributed by atoms with van der Waals surface area (Å²) in [5.41, 5.74) is 1.01. The number of carbonyl (C=O) groups is 1. The number of amides is 1. The lowest BCUT2D eigenvalue weighted by atomic mass is 10.2. The van der Waals surface area contributed by atoms with Crippen LogP contribution in [0.2, 0.25) is 0 Å². The zero-order valence-electron chi connectivity index (χ0n) is 14.0. The van der Waals surface area contributed by atoms with Gasteiger partial charge in [-0.3, -0.25) is 14.4 Å². The molecule has 0 spiro atoms. The molecular formula is C15H21FN6O2. The summed E-state index contributed by atoms with van der Waals surface area (Å²) >= 11 is 0. The van der Waals surface area contributed by atoms with Gasteiger partial charge in [0.25, 0.3) is 11.7 Å². The van der Waals surface area contributed by atoms with Gasteiger partial charge in [0.05, 0.1) is 5.69 Å². The van der Waals surface area contributed by atoms with Gasteiger partial charge in [-0.25, -0.2) is 4.39 Å². The molecule has 2 atom stereocenters. The number of rotatable bonds is 5. The molecule has 0 radical (unpaired) electrons. The molecule has 3 rings (SSSR count). The molecular weight excluding hydrogens is 315 g/mol. The highest BCUT2D eigenvalue weighted by Crippen LogP contribution is 2.23. The van der Waals surface area contributed by atoms with Gasteiger partial charge in [0.1, 0.15) is 6.17 Å². The van der Waals surface area contributed by atoms with Crippen LogP contribution in [0.1, 0.15) is 28.6 Å². The van der Waals surface area contributed by atoms with Crippen molar-refractivity contribution < 1.29 is 13.7 Å². The molecule has 24 heavy (non-hydrogen) atoms. The number of halogens is 1. The molecule has 9 heteroatoms. The van der Waals surface area contributed by atoms with Crippen LogP contribution >= 0.6 is 0 Å². The average Bonchev–Trinajstić information content (AvgIpc) is 3.22. The van der Waals surface area contributed by atoms with E-state index in [4.69, 9.17) is 4.52 Å². The molecule has 8 nitrogen and oxygen atoms in total. The summed E-state index contributed by atoms with van der Waals surface area (Å²) < 4.78 is 20.5. The fourth-order valence-electron chi connectivity index (χ4n) is 3.03. The Morgan fingerprint density at radius 2 is 2.33 bits per heavy atom. The number of aromatic nitrogens is 4. The average molecular weight is 336 g/mol. The van der Waals surface area contributed by atoms with Crippen molar-refractivity contribution in [2.75, 3.05) is 20.1 Å². The lowest BCUT2D eigenvalue weighted by molar-refractivity contribution is 0.0733. The molecule has 1 fully saturated rings. The van der Waals surface area contributed by atoms with Gasteiger partial charge in [-0.15, -0.1) is 0 Å². The highest BCUT2D eigenvalue weighted by Gasteiger charge is 2.34. The minimum atomic E-state index is -0.890. The third-order valence-corrected chi connectivity index (χ3v) is 4.31. The summed E-state index contributed by atoms with van der Waals surface area (Å²) in [5.74, 6) is 0.0481. The Kier molecular flexibility index (Phi) is 4.61. The van der Waals surface area contributed by atoms with E-state index in [2.05, 4.69) is 15.2 Å². The van der Waals surface area contributed by atoms with Crippen LogP contribution in [0.5, 0.6) is 0 Å². The van der Waals surface area contributed by atoms with Gasteiger partial charge in [-0.2, -0.15) is 10.1 Å². The fourth-order valence-corrected chi connectivity index (χ4v) is 3.03. The summed E-state index contributed by atoms with van der Waals surface area (Å²) in [7, 11) is 3.53. The SMILES string of the molecule is Cc1nc(C(=O)N(C)C[C@@H]2C[C@H](F)CN2Cc2ccnn2C)no1. The molecule has 2 aromatic heterocycles.